The van der Waals surface area contributed by atoms with E-state index in [1.54, 1.807) is 0 Å². The van der Waals surface area contributed by atoms with Gasteiger partial charge in [-0.1, -0.05) is 221 Å². The highest BCUT2D eigenvalue weighted by molar-refractivity contribution is 5.80. The maximum atomic E-state index is 13.0. The normalized spacial score (nSPS) is 13.0. The molecule has 0 radical (unpaired) electrons. The van der Waals surface area contributed by atoms with Crippen LogP contribution in [0, 0.1) is 17.8 Å². The van der Waals surface area contributed by atoms with E-state index in [9.17, 15) is 14.7 Å². The molecule has 1 N–H and O–H groups in total. The van der Waals surface area contributed by atoms with Crippen molar-refractivity contribution in [3.8, 4) is 0 Å². The van der Waals surface area contributed by atoms with Gasteiger partial charge in [0.05, 0.1) is 12.7 Å². The molecule has 0 rings (SSSR count). The number of likely N-dealkylation sites (N-methyl/N-ethyl adjacent to an activating group) is 1. The van der Waals surface area contributed by atoms with Crippen molar-refractivity contribution in [2.45, 2.75) is 291 Å². The van der Waals surface area contributed by atoms with Crippen molar-refractivity contribution in [2.75, 3.05) is 46.9 Å². The number of unbranched alkanes of at least 4 members (excludes halogenated alkanes) is 21. The van der Waals surface area contributed by atoms with Gasteiger partial charge in [0, 0.05) is 31.8 Å². The van der Waals surface area contributed by atoms with E-state index < -0.39 is 0 Å². The summed E-state index contributed by atoms with van der Waals surface area (Å²) in [6.45, 7) is 15.8. The molecule has 0 heterocycles. The molecule has 2 unspecified atom stereocenters. The SMILES string of the molecule is CCCCCCC(CCCCCC)CCCCC(C)C(=O)CCCCCCCN(CCCCCCCC(=O)OCCCC(CCCCCC)CCCCCC)CCC(O)CN(C)C. The first-order valence-electron chi connectivity index (χ1n) is 28.4. The molecular formula is C57H114N2O4. The molecule has 0 amide bonds. The number of ketones is 1. The van der Waals surface area contributed by atoms with E-state index >= 15 is 0 Å². The molecule has 0 spiro atoms. The lowest BCUT2D eigenvalue weighted by atomic mass is 9.88. The fourth-order valence-corrected chi connectivity index (χ4v) is 9.71. The Hall–Kier alpha value is -0.980. The second kappa shape index (κ2) is 47.5. The van der Waals surface area contributed by atoms with Crippen molar-refractivity contribution < 1.29 is 19.4 Å². The minimum atomic E-state index is -0.285. The van der Waals surface area contributed by atoms with Gasteiger partial charge in [-0.3, -0.25) is 9.59 Å². The topological polar surface area (TPSA) is 70.1 Å². The summed E-state index contributed by atoms with van der Waals surface area (Å²) in [6.07, 6.45) is 47.6. The number of hydrogen-bond acceptors (Lipinski definition) is 6. The number of Topliss-reactive ketones (excluding diaryl/α,β-unsaturated/α-hetero) is 1. The van der Waals surface area contributed by atoms with Crippen molar-refractivity contribution in [1.82, 2.24) is 9.80 Å². The van der Waals surface area contributed by atoms with Crippen molar-refractivity contribution in [2.24, 2.45) is 17.8 Å². The number of nitrogens with zero attached hydrogens (tertiary/aromatic N) is 2. The Balaban J connectivity index is 4.33. The largest absolute Gasteiger partial charge is 0.466 e. The predicted octanol–water partition coefficient (Wildman–Crippen LogP) is 16.5. The molecule has 0 aromatic rings. The molecule has 0 saturated heterocycles. The predicted molar refractivity (Wildman–Crippen MR) is 276 cm³/mol. The van der Waals surface area contributed by atoms with E-state index in [-0.39, 0.29) is 18.0 Å². The van der Waals surface area contributed by atoms with E-state index in [1.807, 2.05) is 14.1 Å². The van der Waals surface area contributed by atoms with Crippen molar-refractivity contribution >= 4 is 11.8 Å². The van der Waals surface area contributed by atoms with Gasteiger partial charge in [-0.2, -0.15) is 0 Å². The van der Waals surface area contributed by atoms with E-state index in [4.69, 9.17) is 4.74 Å². The van der Waals surface area contributed by atoms with Crippen LogP contribution in [0.4, 0.5) is 0 Å². The molecule has 6 heteroatoms. The van der Waals surface area contributed by atoms with Crippen LogP contribution in [-0.4, -0.2) is 79.6 Å². The number of carbonyl (C=O) groups excluding carboxylic acids is 2. The van der Waals surface area contributed by atoms with E-state index in [0.29, 0.717) is 25.4 Å². The van der Waals surface area contributed by atoms with Gasteiger partial charge < -0.3 is 19.6 Å². The van der Waals surface area contributed by atoms with Gasteiger partial charge >= 0.3 is 5.97 Å². The van der Waals surface area contributed by atoms with E-state index in [2.05, 4.69) is 44.4 Å². The van der Waals surface area contributed by atoms with Crippen molar-refractivity contribution in [3.05, 3.63) is 0 Å². The number of carbonyl (C=O) groups is 2. The smallest absolute Gasteiger partial charge is 0.305 e. The third-order valence-electron chi connectivity index (χ3n) is 14.0. The average Bonchev–Trinajstić information content (AvgIpc) is 3.26. The molecule has 0 aliphatic rings. The van der Waals surface area contributed by atoms with Gasteiger partial charge in [-0.25, -0.2) is 0 Å². The van der Waals surface area contributed by atoms with Crippen LogP contribution in [0.3, 0.4) is 0 Å². The van der Waals surface area contributed by atoms with Gasteiger partial charge in [-0.15, -0.1) is 0 Å². The summed E-state index contributed by atoms with van der Waals surface area (Å²) in [5.41, 5.74) is 0. The summed E-state index contributed by atoms with van der Waals surface area (Å²) < 4.78 is 5.66. The molecule has 0 bridgehead atoms. The lowest BCUT2D eigenvalue weighted by Crippen LogP contribution is -2.33. The molecule has 0 aromatic heterocycles. The molecule has 376 valence electrons. The van der Waals surface area contributed by atoms with Crippen LogP contribution in [0.1, 0.15) is 285 Å². The number of hydrogen-bond donors (Lipinski definition) is 1. The van der Waals surface area contributed by atoms with Crippen LogP contribution < -0.4 is 0 Å². The molecule has 2 atom stereocenters. The lowest BCUT2D eigenvalue weighted by molar-refractivity contribution is -0.144. The molecule has 0 aliphatic heterocycles. The Bertz CT molecular complexity index is 934. The van der Waals surface area contributed by atoms with Gasteiger partial charge in [0.2, 0.25) is 0 Å². The van der Waals surface area contributed by atoms with Crippen LogP contribution >= 0.6 is 0 Å². The fraction of sp³-hybridized carbons (Fsp3) is 0.965. The second-order valence-electron chi connectivity index (χ2n) is 20.7. The lowest BCUT2D eigenvalue weighted by Gasteiger charge is -2.24. The zero-order valence-electron chi connectivity index (χ0n) is 44.0. The maximum Gasteiger partial charge on any atom is 0.305 e. The van der Waals surface area contributed by atoms with Gasteiger partial charge in [0.1, 0.15) is 5.78 Å². The molecule has 63 heavy (non-hydrogen) atoms. The minimum absolute atomic E-state index is 0.00773. The Morgan fingerprint density at radius 2 is 0.825 bits per heavy atom. The summed E-state index contributed by atoms with van der Waals surface area (Å²) in [6, 6.07) is 0. The number of rotatable bonds is 51. The highest BCUT2D eigenvalue weighted by Gasteiger charge is 2.15. The first-order valence-corrected chi connectivity index (χ1v) is 28.4. The standard InChI is InChI=1S/C57H114N2O4/c1-8-12-16-26-38-53(39-27-17-13-9-2)42-33-32-37-52(5)56(61)44-30-22-20-24-34-47-59(49-46-55(60)51-58(6)7)48-35-25-21-23-31-45-57(62)63-50-36-43-54(40-28-18-14-10-3)41-29-19-15-11-4/h52-55,60H,8-51H2,1-7H3. The summed E-state index contributed by atoms with van der Waals surface area (Å²) in [7, 11) is 4.06. The molecule has 0 fully saturated rings. The van der Waals surface area contributed by atoms with Crippen molar-refractivity contribution in [1.29, 1.82) is 0 Å². The molecular weight excluding hydrogens is 777 g/mol. The van der Waals surface area contributed by atoms with Crippen LogP contribution in [0.5, 0.6) is 0 Å². The first kappa shape index (κ1) is 62.0. The van der Waals surface area contributed by atoms with Crippen molar-refractivity contribution in [3.63, 3.8) is 0 Å². The Kier molecular flexibility index (Phi) is 46.8. The summed E-state index contributed by atoms with van der Waals surface area (Å²) in [5, 5.41) is 10.6. The summed E-state index contributed by atoms with van der Waals surface area (Å²) in [5.74, 6) is 2.41. The first-order chi connectivity index (χ1) is 30.7. The number of ether oxygens (including phenoxy) is 1. The molecule has 0 aliphatic carbocycles. The zero-order valence-corrected chi connectivity index (χ0v) is 44.0. The second-order valence-corrected chi connectivity index (χ2v) is 20.7. The van der Waals surface area contributed by atoms with E-state index in [1.165, 1.54) is 186 Å². The third kappa shape index (κ3) is 43.4. The fourth-order valence-electron chi connectivity index (χ4n) is 9.71. The number of aliphatic hydroxyl groups excluding tert-OH is 1. The van der Waals surface area contributed by atoms with E-state index in [0.717, 1.165) is 89.3 Å². The average molecular weight is 892 g/mol. The Labute approximate surface area is 395 Å². The van der Waals surface area contributed by atoms with Gasteiger partial charge in [0.15, 0.2) is 0 Å². The van der Waals surface area contributed by atoms with Crippen LogP contribution in [0.15, 0.2) is 0 Å². The summed E-state index contributed by atoms with van der Waals surface area (Å²) in [4.78, 5) is 30.1. The van der Waals surface area contributed by atoms with Crippen LogP contribution in [0.2, 0.25) is 0 Å². The molecule has 0 saturated carbocycles. The monoisotopic (exact) mass is 891 g/mol. The van der Waals surface area contributed by atoms with Crippen LogP contribution in [0.25, 0.3) is 0 Å². The zero-order chi connectivity index (χ0) is 46.4. The van der Waals surface area contributed by atoms with Gasteiger partial charge in [0.25, 0.3) is 0 Å². The molecule has 0 aromatic carbocycles. The number of aliphatic hydroxyl groups is 1. The molecule has 6 nitrogen and oxygen atoms in total. The highest BCUT2D eigenvalue weighted by atomic mass is 16.5. The quantitative estimate of drug-likeness (QED) is 0.0485. The van der Waals surface area contributed by atoms with Gasteiger partial charge in [-0.05, 0) is 90.4 Å². The maximum absolute atomic E-state index is 13.0. The Morgan fingerprint density at radius 3 is 1.29 bits per heavy atom. The number of esters is 1. The van der Waals surface area contributed by atoms with Crippen LogP contribution in [-0.2, 0) is 14.3 Å². The highest BCUT2D eigenvalue weighted by Crippen LogP contribution is 2.26. The Morgan fingerprint density at radius 1 is 0.444 bits per heavy atom. The summed E-state index contributed by atoms with van der Waals surface area (Å²) >= 11 is 0. The third-order valence-corrected chi connectivity index (χ3v) is 14.0. The minimum Gasteiger partial charge on any atom is -0.466 e.